The van der Waals surface area contributed by atoms with E-state index in [0.29, 0.717) is 0 Å². The number of carboxylic acids is 1. The summed E-state index contributed by atoms with van der Waals surface area (Å²) in [7, 11) is 0. The molecule has 2 unspecified atom stereocenters. The Morgan fingerprint density at radius 3 is 1.77 bits per heavy atom. The average Bonchev–Trinajstić information content (AvgIpc) is 2.66. The van der Waals surface area contributed by atoms with Gasteiger partial charge in [0.2, 0.25) is 0 Å². The summed E-state index contributed by atoms with van der Waals surface area (Å²) in [5.41, 5.74) is 0.00578. The molecule has 2 aromatic rings. The average molecular weight is 448 g/mol. The van der Waals surface area contributed by atoms with Crippen molar-refractivity contribution in [3.05, 3.63) is 89.0 Å². The Bertz CT molecular complexity index is 871. The molecule has 0 aromatic heterocycles. The Kier molecular flexibility index (Phi) is 11.2. The van der Waals surface area contributed by atoms with Gasteiger partial charge < -0.3 is 16.7 Å². The van der Waals surface area contributed by atoms with Crippen LogP contribution in [0.3, 0.4) is 0 Å². The Morgan fingerprint density at radius 1 is 0.935 bits per heavy atom. The molecule has 0 radical (unpaired) electrons. The number of hydrogen-bond acceptors (Lipinski definition) is 3. The zero-order valence-electron chi connectivity index (χ0n) is 17.7. The molecule has 0 saturated carbocycles. The van der Waals surface area contributed by atoms with E-state index in [1.807, 2.05) is 0 Å². The molecule has 0 amide bonds. The van der Waals surface area contributed by atoms with Gasteiger partial charge in [-0.3, -0.25) is 4.79 Å². The van der Waals surface area contributed by atoms with Crippen LogP contribution < -0.4 is 29.6 Å². The Hall–Kier alpha value is -1.97. The maximum atomic E-state index is 13.9. The van der Waals surface area contributed by atoms with Crippen LogP contribution in [-0.2, 0) is 4.79 Å². The van der Waals surface area contributed by atoms with E-state index >= 15 is 0 Å². The molecular formula is C22H21F4NaO4. The number of rotatable bonds is 9. The van der Waals surface area contributed by atoms with Gasteiger partial charge in [0.05, 0.1) is 18.6 Å². The zero-order chi connectivity index (χ0) is 22.3. The van der Waals surface area contributed by atoms with E-state index in [4.69, 9.17) is 5.11 Å². The SMILES string of the molecule is O=C(O)CC(O)CC(O)/C=C/C(=C(c1ccc(F)cc1)c1ccc(F)cc1)C(F)F.[H-].[Na+]. The molecule has 9 heteroatoms. The minimum Gasteiger partial charge on any atom is -1.00 e. The van der Waals surface area contributed by atoms with Gasteiger partial charge in [0.15, 0.2) is 0 Å². The molecule has 0 bridgehead atoms. The fourth-order valence-corrected chi connectivity index (χ4v) is 2.86. The Balaban J connectivity index is 0.00000480. The van der Waals surface area contributed by atoms with Crippen molar-refractivity contribution in [2.45, 2.75) is 31.5 Å². The van der Waals surface area contributed by atoms with Crippen molar-refractivity contribution in [2.24, 2.45) is 0 Å². The third-order valence-electron chi connectivity index (χ3n) is 4.21. The van der Waals surface area contributed by atoms with Gasteiger partial charge in [0, 0.05) is 12.0 Å². The molecule has 162 valence electrons. The van der Waals surface area contributed by atoms with E-state index in [2.05, 4.69) is 0 Å². The molecule has 0 aliphatic rings. The maximum Gasteiger partial charge on any atom is 1.00 e. The van der Waals surface area contributed by atoms with Crippen molar-refractivity contribution in [1.82, 2.24) is 0 Å². The summed E-state index contributed by atoms with van der Waals surface area (Å²) in [5.74, 6) is -2.38. The number of benzene rings is 2. The summed E-state index contributed by atoms with van der Waals surface area (Å²) >= 11 is 0. The van der Waals surface area contributed by atoms with Gasteiger partial charge >= 0.3 is 35.5 Å². The van der Waals surface area contributed by atoms with Crippen molar-refractivity contribution in [3.8, 4) is 0 Å². The van der Waals surface area contributed by atoms with E-state index in [-0.39, 0.29) is 54.1 Å². The summed E-state index contributed by atoms with van der Waals surface area (Å²) in [4.78, 5) is 10.6. The van der Waals surface area contributed by atoms with Gasteiger partial charge in [-0.15, -0.1) is 0 Å². The molecular weight excluding hydrogens is 427 g/mol. The normalized spacial score (nSPS) is 13.0. The van der Waals surface area contributed by atoms with Crippen LogP contribution in [0.4, 0.5) is 17.6 Å². The quantitative estimate of drug-likeness (QED) is 0.307. The standard InChI is InChI=1S/C22H20F4O4.Na.H/c23-15-5-1-13(2-6-15)21(14-3-7-16(24)8-4-14)19(22(25)26)10-9-17(27)11-18(28)12-20(29)30;;/h1-10,17-18,22,27-28H,11-12H2,(H,29,30);;/q;+1;-1/b10-9+;;. The largest absolute Gasteiger partial charge is 1.00 e. The van der Waals surface area contributed by atoms with Crippen LogP contribution in [0.5, 0.6) is 0 Å². The maximum absolute atomic E-state index is 13.9. The number of halogens is 4. The molecule has 0 aliphatic carbocycles. The molecule has 2 aromatic carbocycles. The van der Waals surface area contributed by atoms with Crippen LogP contribution >= 0.6 is 0 Å². The van der Waals surface area contributed by atoms with Gasteiger partial charge in [-0.05, 0) is 41.0 Å². The first-order valence-corrected chi connectivity index (χ1v) is 8.97. The number of hydrogen-bond donors (Lipinski definition) is 3. The fourth-order valence-electron chi connectivity index (χ4n) is 2.86. The second-order valence-electron chi connectivity index (χ2n) is 6.56. The van der Waals surface area contributed by atoms with E-state index < -0.39 is 48.2 Å². The second-order valence-corrected chi connectivity index (χ2v) is 6.56. The Morgan fingerprint density at radius 2 is 1.39 bits per heavy atom. The molecule has 4 nitrogen and oxygen atoms in total. The number of alkyl halides is 2. The van der Waals surface area contributed by atoms with Gasteiger partial charge in [-0.2, -0.15) is 0 Å². The monoisotopic (exact) mass is 448 g/mol. The third-order valence-corrected chi connectivity index (χ3v) is 4.21. The predicted octanol–water partition coefficient (Wildman–Crippen LogP) is 1.29. The van der Waals surface area contributed by atoms with Crippen LogP contribution in [0.25, 0.3) is 5.57 Å². The first kappa shape index (κ1) is 27.1. The van der Waals surface area contributed by atoms with Crippen molar-refractivity contribution in [3.63, 3.8) is 0 Å². The molecule has 31 heavy (non-hydrogen) atoms. The third kappa shape index (κ3) is 8.59. The van der Waals surface area contributed by atoms with Gasteiger partial charge in [-0.1, -0.05) is 36.4 Å². The van der Waals surface area contributed by atoms with Gasteiger partial charge in [0.25, 0.3) is 6.43 Å². The van der Waals surface area contributed by atoms with Crippen LogP contribution in [0.1, 0.15) is 25.4 Å². The summed E-state index contributed by atoms with van der Waals surface area (Å²) in [6.45, 7) is 0. The number of carboxylic acid groups (broad SMARTS) is 1. The topological polar surface area (TPSA) is 77.8 Å². The number of allylic oxidation sites excluding steroid dienone is 2. The van der Waals surface area contributed by atoms with Crippen molar-refractivity contribution < 1.29 is 68.7 Å². The van der Waals surface area contributed by atoms with E-state index in [1.54, 1.807) is 0 Å². The molecule has 0 fully saturated rings. The number of aliphatic hydroxyl groups excluding tert-OH is 2. The minimum atomic E-state index is -3.00. The molecule has 2 rings (SSSR count). The number of aliphatic carboxylic acids is 1. The fraction of sp³-hybridized carbons (Fsp3) is 0.227. The van der Waals surface area contributed by atoms with Crippen LogP contribution in [0.2, 0.25) is 0 Å². The smallest absolute Gasteiger partial charge is 1.00 e. The van der Waals surface area contributed by atoms with Crippen molar-refractivity contribution in [2.75, 3.05) is 0 Å². The summed E-state index contributed by atoms with van der Waals surface area (Å²) in [6, 6.07) is 9.61. The number of aliphatic hydroxyl groups is 2. The summed E-state index contributed by atoms with van der Waals surface area (Å²) in [6.07, 6.45) is -4.71. The van der Waals surface area contributed by atoms with Crippen molar-refractivity contribution in [1.29, 1.82) is 0 Å². The first-order chi connectivity index (χ1) is 14.2. The van der Waals surface area contributed by atoms with Crippen LogP contribution in [0.15, 0.2) is 66.3 Å². The van der Waals surface area contributed by atoms with Crippen LogP contribution in [-0.4, -0.2) is 39.9 Å². The van der Waals surface area contributed by atoms with E-state index in [9.17, 15) is 32.6 Å². The predicted molar refractivity (Wildman–Crippen MR) is 104 cm³/mol. The second kappa shape index (κ2) is 12.8. The van der Waals surface area contributed by atoms with E-state index in [0.717, 1.165) is 36.4 Å². The first-order valence-electron chi connectivity index (χ1n) is 8.97. The number of carbonyl (C=O) groups is 1. The Labute approximate surface area is 200 Å². The summed E-state index contributed by atoms with van der Waals surface area (Å²) < 4.78 is 54.4. The molecule has 0 aliphatic heterocycles. The van der Waals surface area contributed by atoms with Crippen molar-refractivity contribution >= 4 is 11.5 Å². The molecule has 2 atom stereocenters. The minimum absolute atomic E-state index is 0. The molecule has 0 heterocycles. The zero-order valence-corrected chi connectivity index (χ0v) is 18.7. The van der Waals surface area contributed by atoms with Gasteiger partial charge in [0.1, 0.15) is 11.6 Å². The molecule has 0 spiro atoms. The molecule has 0 saturated heterocycles. The summed E-state index contributed by atoms with van der Waals surface area (Å²) in [5, 5.41) is 28.2. The van der Waals surface area contributed by atoms with E-state index in [1.165, 1.54) is 24.3 Å². The van der Waals surface area contributed by atoms with Crippen LogP contribution in [0, 0.1) is 11.6 Å². The molecule has 3 N–H and O–H groups in total. The van der Waals surface area contributed by atoms with Gasteiger partial charge in [-0.25, -0.2) is 17.6 Å².